The molecule has 0 saturated carbocycles. The summed E-state index contributed by atoms with van der Waals surface area (Å²) >= 11 is 6.00. The van der Waals surface area contributed by atoms with Crippen molar-refractivity contribution in [1.29, 1.82) is 0 Å². The van der Waals surface area contributed by atoms with E-state index < -0.39 is 17.7 Å². The van der Waals surface area contributed by atoms with Gasteiger partial charge in [-0.25, -0.2) is 4.79 Å². The molecule has 1 aliphatic heterocycles. The molecule has 0 spiro atoms. The second kappa shape index (κ2) is 6.90. The van der Waals surface area contributed by atoms with Gasteiger partial charge in [-0.1, -0.05) is 36.1 Å². The van der Waals surface area contributed by atoms with E-state index >= 15 is 0 Å². The molecule has 0 radical (unpaired) electrons. The number of carbonyl (C=O) groups is 2. The van der Waals surface area contributed by atoms with Gasteiger partial charge in [0.05, 0.1) is 4.91 Å². The molecule has 1 fully saturated rings. The van der Waals surface area contributed by atoms with E-state index in [2.05, 4.69) is 0 Å². The molecule has 0 aliphatic carbocycles. The highest BCUT2D eigenvalue weighted by atomic mass is 32.2. The van der Waals surface area contributed by atoms with Gasteiger partial charge in [0.15, 0.2) is 0 Å². The Morgan fingerprint density at radius 1 is 1.43 bits per heavy atom. The van der Waals surface area contributed by atoms with Crippen LogP contribution in [0.3, 0.4) is 0 Å². The predicted octanol–water partition coefficient (Wildman–Crippen LogP) is 2.88. The number of likely N-dealkylation sites (N-methyl/N-ethyl adjacent to an activating group) is 1. The van der Waals surface area contributed by atoms with E-state index in [1.54, 1.807) is 6.92 Å². The minimum atomic E-state index is -4.94. The molecule has 0 aromatic carbocycles. The molecule has 114 valence electrons. The summed E-state index contributed by atoms with van der Waals surface area (Å²) in [5.41, 5.74) is -1.69. The smallest absolute Gasteiger partial charge is 0.423 e. The number of alkyl halides is 3. The molecule has 0 unspecified atom stereocenters. The van der Waals surface area contributed by atoms with Crippen LogP contribution in [0.4, 0.5) is 13.2 Å². The fourth-order valence-electron chi connectivity index (χ4n) is 1.37. The van der Waals surface area contributed by atoms with Crippen LogP contribution in [0.2, 0.25) is 0 Å². The lowest BCUT2D eigenvalue weighted by molar-refractivity contribution is -0.144. The molecule has 9 heteroatoms. The maximum absolute atomic E-state index is 12.3. The highest BCUT2D eigenvalue weighted by Gasteiger charge is 2.38. The lowest BCUT2D eigenvalue weighted by Gasteiger charge is -2.09. The number of aliphatic carboxylic acids is 1. The number of allylic oxidation sites excluding steroid dienone is 4. The lowest BCUT2D eigenvalue weighted by atomic mass is 10.2. The maximum Gasteiger partial charge on any atom is 0.423 e. The van der Waals surface area contributed by atoms with E-state index in [9.17, 15) is 22.8 Å². The molecule has 1 saturated heterocycles. The number of hydrogen-bond donors (Lipinski definition) is 1. The van der Waals surface area contributed by atoms with Gasteiger partial charge in [-0.2, -0.15) is 13.2 Å². The molecule has 4 nitrogen and oxygen atoms in total. The van der Waals surface area contributed by atoms with Crippen LogP contribution in [-0.4, -0.2) is 38.9 Å². The van der Waals surface area contributed by atoms with Crippen molar-refractivity contribution < 1.29 is 27.9 Å². The first-order valence-electron chi connectivity index (χ1n) is 5.61. The minimum Gasteiger partial charge on any atom is -0.478 e. The van der Waals surface area contributed by atoms with Crippen molar-refractivity contribution in [2.45, 2.75) is 13.1 Å². The number of thioether (sulfide) groups is 1. The Hall–Kier alpha value is -1.61. The third-order valence-corrected chi connectivity index (χ3v) is 3.74. The number of nitrogens with zero attached hydrogens (tertiary/aromatic N) is 1. The zero-order valence-corrected chi connectivity index (χ0v) is 12.3. The van der Waals surface area contributed by atoms with Crippen molar-refractivity contribution in [3.05, 3.63) is 34.8 Å². The van der Waals surface area contributed by atoms with Gasteiger partial charge >= 0.3 is 12.1 Å². The summed E-state index contributed by atoms with van der Waals surface area (Å²) in [6.07, 6.45) is -1.14. The molecular weight excluding hydrogens is 327 g/mol. The van der Waals surface area contributed by atoms with Gasteiger partial charge in [0.1, 0.15) is 9.89 Å². The Morgan fingerprint density at radius 3 is 2.48 bits per heavy atom. The van der Waals surface area contributed by atoms with Gasteiger partial charge < -0.3 is 5.11 Å². The fraction of sp³-hybridized carbons (Fsp3) is 0.250. The van der Waals surface area contributed by atoms with Crippen LogP contribution in [0, 0.1) is 0 Å². The summed E-state index contributed by atoms with van der Waals surface area (Å²) in [6.45, 7) is 2.15. The highest BCUT2D eigenvalue weighted by molar-refractivity contribution is 8.26. The number of carbonyl (C=O) groups excluding carboxylic acids is 1. The quantitative estimate of drug-likeness (QED) is 0.486. The topological polar surface area (TPSA) is 57.6 Å². The van der Waals surface area contributed by atoms with Crippen molar-refractivity contribution in [1.82, 2.24) is 4.90 Å². The minimum absolute atomic E-state index is 0.274. The molecular formula is C12H10F3NO3S2. The van der Waals surface area contributed by atoms with Gasteiger partial charge in [-0.05, 0) is 19.1 Å². The largest absolute Gasteiger partial charge is 0.478 e. The molecule has 1 amide bonds. The lowest BCUT2D eigenvalue weighted by Crippen LogP contribution is -2.27. The SMILES string of the molecule is CCN1C(=O)C(=CC=CC=C(C(=O)O)C(F)(F)F)SC1=S. The number of thiocarbonyl (C=S) groups is 1. The van der Waals surface area contributed by atoms with E-state index in [4.69, 9.17) is 17.3 Å². The standard InChI is InChI=1S/C12H10F3NO3S2/c1-2-16-9(17)8(21-11(16)20)6-4-3-5-7(10(18)19)12(13,14)15/h3-6H,2H2,1H3,(H,18,19). The molecule has 1 aliphatic rings. The summed E-state index contributed by atoms with van der Waals surface area (Å²) in [5, 5.41) is 8.44. The average molecular weight is 337 g/mol. The first kappa shape index (κ1) is 17.4. The molecule has 0 bridgehead atoms. The molecule has 21 heavy (non-hydrogen) atoms. The van der Waals surface area contributed by atoms with E-state index in [1.807, 2.05) is 0 Å². The van der Waals surface area contributed by atoms with Crippen LogP contribution in [0.5, 0.6) is 0 Å². The fourth-order valence-corrected chi connectivity index (χ4v) is 2.70. The van der Waals surface area contributed by atoms with E-state index in [0.717, 1.165) is 23.9 Å². The monoisotopic (exact) mass is 337 g/mol. The van der Waals surface area contributed by atoms with Crippen LogP contribution < -0.4 is 0 Å². The Balaban J connectivity index is 2.88. The van der Waals surface area contributed by atoms with Gasteiger partial charge in [0.2, 0.25) is 0 Å². The zero-order chi connectivity index (χ0) is 16.2. The van der Waals surface area contributed by atoms with Crippen LogP contribution >= 0.6 is 24.0 Å². The van der Waals surface area contributed by atoms with Crippen molar-refractivity contribution in [2.24, 2.45) is 0 Å². The van der Waals surface area contributed by atoms with Gasteiger partial charge in [-0.3, -0.25) is 9.69 Å². The second-order valence-corrected chi connectivity index (χ2v) is 5.39. The number of carboxylic acids is 1. The Morgan fingerprint density at radius 2 is 2.05 bits per heavy atom. The third-order valence-electron chi connectivity index (χ3n) is 2.35. The summed E-state index contributed by atoms with van der Waals surface area (Å²) in [7, 11) is 0. The van der Waals surface area contributed by atoms with Crippen molar-refractivity contribution >= 4 is 40.2 Å². The van der Waals surface area contributed by atoms with Crippen LogP contribution in [0.25, 0.3) is 0 Å². The number of amides is 1. The predicted molar refractivity (Wildman–Crippen MR) is 76.6 cm³/mol. The molecule has 1 N–H and O–H groups in total. The van der Waals surface area contributed by atoms with Gasteiger partial charge in [0.25, 0.3) is 5.91 Å². The number of carboxylic acid groups (broad SMARTS) is 1. The zero-order valence-electron chi connectivity index (χ0n) is 10.7. The Bertz CT molecular complexity index is 565. The molecule has 0 atom stereocenters. The molecule has 1 rings (SSSR count). The summed E-state index contributed by atoms with van der Waals surface area (Å²) in [4.78, 5) is 23.9. The van der Waals surface area contributed by atoms with Crippen LogP contribution in [-0.2, 0) is 9.59 Å². The van der Waals surface area contributed by atoms with E-state index in [-0.39, 0.29) is 10.8 Å². The summed E-state index contributed by atoms with van der Waals surface area (Å²) < 4.78 is 37.4. The van der Waals surface area contributed by atoms with Gasteiger partial charge in [0, 0.05) is 6.54 Å². The number of rotatable bonds is 4. The molecule has 1 heterocycles. The number of hydrogen-bond acceptors (Lipinski definition) is 4. The van der Waals surface area contributed by atoms with Crippen molar-refractivity contribution in [3.63, 3.8) is 0 Å². The van der Waals surface area contributed by atoms with E-state index in [0.29, 0.717) is 16.9 Å². The third kappa shape index (κ3) is 4.43. The Kier molecular flexibility index (Phi) is 5.73. The summed E-state index contributed by atoms with van der Waals surface area (Å²) in [6, 6.07) is 0. The summed E-state index contributed by atoms with van der Waals surface area (Å²) in [5.74, 6) is -2.39. The van der Waals surface area contributed by atoms with Crippen molar-refractivity contribution in [2.75, 3.05) is 6.54 Å². The average Bonchev–Trinajstić information content (AvgIpc) is 2.61. The van der Waals surface area contributed by atoms with Gasteiger partial charge in [-0.15, -0.1) is 0 Å². The number of halogens is 3. The highest BCUT2D eigenvalue weighted by Crippen LogP contribution is 2.30. The Labute approximate surface area is 128 Å². The molecule has 0 aromatic heterocycles. The van der Waals surface area contributed by atoms with Crippen LogP contribution in [0.15, 0.2) is 34.8 Å². The second-order valence-electron chi connectivity index (χ2n) is 3.72. The maximum atomic E-state index is 12.3. The molecule has 0 aromatic rings. The van der Waals surface area contributed by atoms with Crippen LogP contribution in [0.1, 0.15) is 6.92 Å². The van der Waals surface area contributed by atoms with Crippen molar-refractivity contribution in [3.8, 4) is 0 Å². The first-order chi connectivity index (χ1) is 9.68. The van der Waals surface area contributed by atoms with E-state index in [1.165, 1.54) is 11.0 Å². The first-order valence-corrected chi connectivity index (χ1v) is 6.83. The normalized spacial score (nSPS) is 19.1.